The van der Waals surface area contributed by atoms with E-state index in [-0.39, 0.29) is 58.3 Å². The third kappa shape index (κ3) is 11.2. The van der Waals surface area contributed by atoms with Crippen LogP contribution in [0.4, 0.5) is 39.0 Å². The van der Waals surface area contributed by atoms with Gasteiger partial charge in [-0.2, -0.15) is 0 Å². The lowest BCUT2D eigenvalue weighted by Crippen LogP contribution is -2.46. The molecule has 24 heteroatoms. The topological polar surface area (TPSA) is 207 Å². The molecular formula is C56H64F5N9O10. The van der Waals surface area contributed by atoms with Gasteiger partial charge in [-0.05, 0) is 70.6 Å². The molecular weight excluding hydrogens is 1050 g/mol. The van der Waals surface area contributed by atoms with Crippen LogP contribution in [0.3, 0.4) is 0 Å². The van der Waals surface area contributed by atoms with E-state index in [9.17, 15) is 52.2 Å². The molecule has 0 radical (unpaired) electrons. The first-order chi connectivity index (χ1) is 38.3. The van der Waals surface area contributed by atoms with E-state index in [0.29, 0.717) is 67.4 Å². The van der Waals surface area contributed by atoms with Crippen LogP contribution in [-0.2, 0) is 6.54 Å². The number of ether oxygens (including phenoxy) is 1. The molecule has 3 aromatic carbocycles. The zero-order valence-corrected chi connectivity index (χ0v) is 45.0. The maximum absolute atomic E-state index is 15.2. The molecule has 428 valence electrons. The van der Waals surface area contributed by atoms with E-state index in [1.807, 2.05) is 33.2 Å². The summed E-state index contributed by atoms with van der Waals surface area (Å²) in [7, 11) is 1.90. The Hall–Kier alpha value is -7.57. The fourth-order valence-electron chi connectivity index (χ4n) is 11.1. The van der Waals surface area contributed by atoms with Crippen molar-refractivity contribution < 1.29 is 56.4 Å². The van der Waals surface area contributed by atoms with Gasteiger partial charge >= 0.3 is 17.9 Å². The van der Waals surface area contributed by atoms with Gasteiger partial charge in [0.05, 0.1) is 45.6 Å². The van der Waals surface area contributed by atoms with Crippen LogP contribution in [0.15, 0.2) is 57.2 Å². The maximum atomic E-state index is 15.2. The number of aryl methyl sites for hydroxylation is 1. The van der Waals surface area contributed by atoms with E-state index < -0.39 is 75.1 Å². The molecule has 3 N–H and O–H groups in total. The summed E-state index contributed by atoms with van der Waals surface area (Å²) in [5.41, 5.74) is -2.21. The summed E-state index contributed by atoms with van der Waals surface area (Å²) in [4.78, 5) is 83.8. The number of hydrogen-bond acceptors (Lipinski definition) is 13. The highest BCUT2D eigenvalue weighted by molar-refractivity contribution is 5.98. The number of likely N-dealkylation sites (N-methyl/N-ethyl adjacent to an activating group) is 2. The molecule has 4 fully saturated rings. The largest absolute Gasteiger partial charge is 0.487 e. The number of fused-ring (bicyclic) bond motifs is 2. The SMILES string of the molecule is CCCN1CCN(c2cc3c(cc2F)c(=O)c(C(=O)O)cn3C2CC2)CC1.CCN1CCN(c2c(F)cc3c(=O)c(C(=O)O)cn4c3c2OCC4C)CC1.CN1CCN(c2c(F)cc3c(=O)c(C(=O)O)cn(CCF)c3c2F)CC1. The minimum Gasteiger partial charge on any atom is -0.487 e. The van der Waals surface area contributed by atoms with Crippen LogP contribution in [0.1, 0.15) is 83.2 Å². The minimum atomic E-state index is -1.53. The molecule has 0 amide bonds. The van der Waals surface area contributed by atoms with E-state index in [0.717, 1.165) is 94.5 Å². The van der Waals surface area contributed by atoms with Crippen LogP contribution in [-0.4, -0.2) is 174 Å². The number of carboxylic acid groups (broad SMARTS) is 3. The van der Waals surface area contributed by atoms with Crippen molar-refractivity contribution in [2.45, 2.75) is 58.7 Å². The molecule has 0 bridgehead atoms. The summed E-state index contributed by atoms with van der Waals surface area (Å²) in [5.74, 6) is -6.72. The monoisotopic (exact) mass is 1120 g/mol. The van der Waals surface area contributed by atoms with Crippen molar-refractivity contribution in [2.75, 3.05) is 127 Å². The van der Waals surface area contributed by atoms with Gasteiger partial charge in [0.1, 0.15) is 53.0 Å². The van der Waals surface area contributed by atoms with Crippen LogP contribution in [0.2, 0.25) is 0 Å². The first-order valence-electron chi connectivity index (χ1n) is 26.9. The highest BCUT2D eigenvalue weighted by atomic mass is 19.1. The van der Waals surface area contributed by atoms with Crippen LogP contribution in [0, 0.1) is 23.3 Å². The number of pyridine rings is 3. The Labute approximate surface area is 455 Å². The highest BCUT2D eigenvalue weighted by Gasteiger charge is 2.33. The number of carbonyl (C=O) groups is 3. The molecule has 0 spiro atoms. The van der Waals surface area contributed by atoms with Gasteiger partial charge in [-0.1, -0.05) is 13.8 Å². The molecule has 5 aliphatic rings. The van der Waals surface area contributed by atoms with Crippen LogP contribution in [0.5, 0.6) is 5.75 Å². The molecule has 7 heterocycles. The Morgan fingerprint density at radius 1 is 0.600 bits per heavy atom. The zero-order valence-electron chi connectivity index (χ0n) is 45.0. The number of anilines is 3. The predicted molar refractivity (Wildman–Crippen MR) is 293 cm³/mol. The molecule has 11 rings (SSSR count). The van der Waals surface area contributed by atoms with Crippen LogP contribution < -0.4 is 35.7 Å². The van der Waals surface area contributed by atoms with E-state index in [1.165, 1.54) is 18.5 Å². The summed E-state index contributed by atoms with van der Waals surface area (Å²) < 4.78 is 83.1. The number of aromatic nitrogens is 3. The number of rotatable bonds is 12. The molecule has 3 saturated heterocycles. The molecule has 80 heavy (non-hydrogen) atoms. The van der Waals surface area contributed by atoms with E-state index >= 15 is 8.78 Å². The molecule has 6 aromatic rings. The molecule has 1 saturated carbocycles. The number of hydrogen-bond donors (Lipinski definition) is 3. The molecule has 1 atom stereocenters. The third-order valence-electron chi connectivity index (χ3n) is 15.6. The van der Waals surface area contributed by atoms with Gasteiger partial charge in [-0.15, -0.1) is 0 Å². The second kappa shape index (κ2) is 23.6. The molecule has 1 unspecified atom stereocenters. The normalized spacial score (nSPS) is 18.0. The maximum Gasteiger partial charge on any atom is 0.341 e. The zero-order chi connectivity index (χ0) is 57.4. The quantitative estimate of drug-likeness (QED) is 0.114. The number of aromatic carboxylic acids is 3. The number of piperazine rings is 3. The lowest BCUT2D eigenvalue weighted by atomic mass is 10.1. The van der Waals surface area contributed by atoms with Crippen molar-refractivity contribution in [1.82, 2.24) is 28.4 Å². The van der Waals surface area contributed by atoms with Gasteiger partial charge in [0.15, 0.2) is 17.4 Å². The van der Waals surface area contributed by atoms with E-state index in [4.69, 9.17) is 9.84 Å². The van der Waals surface area contributed by atoms with Crippen molar-refractivity contribution in [3.63, 3.8) is 0 Å². The molecule has 3 aromatic heterocycles. The lowest BCUT2D eigenvalue weighted by Gasteiger charge is -2.37. The van der Waals surface area contributed by atoms with Gasteiger partial charge in [-0.3, -0.25) is 19.3 Å². The number of nitrogens with zero attached hydrogens (tertiary/aromatic N) is 9. The van der Waals surface area contributed by atoms with E-state index in [1.54, 1.807) is 15.5 Å². The number of halogens is 5. The average molecular weight is 1120 g/mol. The summed E-state index contributed by atoms with van der Waals surface area (Å²) in [6.45, 7) is 15.4. The number of alkyl halides is 1. The number of carboxylic acids is 3. The fraction of sp³-hybridized carbons (Fsp3) is 0.464. The number of benzene rings is 3. The first kappa shape index (κ1) is 57.1. The Kier molecular flexibility index (Phi) is 16.9. The lowest BCUT2D eigenvalue weighted by molar-refractivity contribution is 0.0683. The molecule has 19 nitrogen and oxygen atoms in total. The molecule has 1 aliphatic carbocycles. The first-order valence-corrected chi connectivity index (χ1v) is 26.9. The highest BCUT2D eigenvalue weighted by Crippen LogP contribution is 2.43. The minimum absolute atomic E-state index is 0.0462. The predicted octanol–water partition coefficient (Wildman–Crippen LogP) is 6.34. The Morgan fingerprint density at radius 2 is 1.10 bits per heavy atom. The standard InChI is InChI=1S/C20H24FN3O3.C19H22FN3O4.C17H18F3N3O3/c1-2-5-22-6-8-23(9-7-22)18-11-17-14(10-16(18)21)19(25)15(20(26)27)12-24(17)13-3-4-13;1-3-21-4-6-22(7-5-21)16-14(20)8-12-15-18(16)27-10-11(2)23(15)9-13(17(12)24)19(25)26;1-21-4-6-22(7-5-21)15-12(19)8-10-14(13(15)20)23(3-2-18)9-11(16(10)24)17(25)26/h10-13H,2-9H2,1H3,(H,26,27);8-9,11H,3-7,10H2,1-2H3,(H,25,26);8-9H,2-7H2,1H3,(H,25,26). The fourth-order valence-corrected chi connectivity index (χ4v) is 11.1. The summed E-state index contributed by atoms with van der Waals surface area (Å²) >= 11 is 0. The van der Waals surface area contributed by atoms with Crippen molar-refractivity contribution in [3.05, 3.63) is 113 Å². The van der Waals surface area contributed by atoms with Crippen molar-refractivity contribution in [3.8, 4) is 5.75 Å². The van der Waals surface area contributed by atoms with E-state index in [2.05, 4.69) is 23.6 Å². The van der Waals surface area contributed by atoms with Crippen molar-refractivity contribution in [2.24, 2.45) is 0 Å². The van der Waals surface area contributed by atoms with Gasteiger partial charge in [0.25, 0.3) is 0 Å². The summed E-state index contributed by atoms with van der Waals surface area (Å²) in [6, 6.07) is 4.98. The Balaban J connectivity index is 0.000000145. The smallest absolute Gasteiger partial charge is 0.341 e. The van der Waals surface area contributed by atoms with Gasteiger partial charge in [0.2, 0.25) is 16.3 Å². The Bertz CT molecular complexity index is 3580. The van der Waals surface area contributed by atoms with Crippen LogP contribution >= 0.6 is 0 Å². The second-order valence-corrected chi connectivity index (χ2v) is 20.8. The van der Waals surface area contributed by atoms with Crippen molar-refractivity contribution in [1.29, 1.82) is 0 Å². The van der Waals surface area contributed by atoms with Gasteiger partial charge in [-0.25, -0.2) is 36.3 Å². The van der Waals surface area contributed by atoms with Crippen molar-refractivity contribution >= 4 is 67.7 Å². The van der Waals surface area contributed by atoms with Gasteiger partial charge in [0, 0.05) is 109 Å². The third-order valence-corrected chi connectivity index (χ3v) is 15.6. The Morgan fingerprint density at radius 3 is 1.66 bits per heavy atom. The van der Waals surface area contributed by atoms with Crippen LogP contribution in [0.25, 0.3) is 32.7 Å². The second-order valence-electron chi connectivity index (χ2n) is 20.8. The summed E-state index contributed by atoms with van der Waals surface area (Å²) in [6.07, 6.45) is 6.66. The molecule has 4 aliphatic heterocycles. The average Bonchev–Trinajstić information content (AvgIpc) is 4.42. The summed E-state index contributed by atoms with van der Waals surface area (Å²) in [5, 5.41) is 27.6. The van der Waals surface area contributed by atoms with Gasteiger partial charge < -0.3 is 58.3 Å².